The van der Waals surface area contributed by atoms with Crippen LogP contribution in [0, 0.1) is 0 Å². The number of aromatic nitrogens is 1. The maximum atomic E-state index is 12.3. The molecule has 7 nitrogen and oxygen atoms in total. The quantitative estimate of drug-likeness (QED) is 0.535. The summed E-state index contributed by atoms with van der Waals surface area (Å²) < 4.78 is 29.2. The summed E-state index contributed by atoms with van der Waals surface area (Å²) in [5.41, 5.74) is 0.857. The summed E-state index contributed by atoms with van der Waals surface area (Å²) >= 11 is 1.45. The second-order valence-corrected chi connectivity index (χ2v) is 9.49. The smallest absolute Gasteiger partial charge is 0.331 e. The number of sulfone groups is 1. The highest BCUT2D eigenvalue weighted by Crippen LogP contribution is 2.22. The van der Waals surface area contributed by atoms with E-state index < -0.39 is 22.4 Å². The molecule has 1 atom stereocenters. The second-order valence-electron chi connectivity index (χ2n) is 6.20. The van der Waals surface area contributed by atoms with Gasteiger partial charge < -0.3 is 9.64 Å². The minimum atomic E-state index is -3.08. The zero-order chi connectivity index (χ0) is 19.4. The van der Waals surface area contributed by atoms with E-state index in [0.29, 0.717) is 18.0 Å². The van der Waals surface area contributed by atoms with E-state index in [-0.39, 0.29) is 23.5 Å². The molecule has 0 unspecified atom stereocenters. The van der Waals surface area contributed by atoms with Crippen molar-refractivity contribution < 1.29 is 22.7 Å². The predicted octanol–water partition coefficient (Wildman–Crippen LogP) is 1.89. The van der Waals surface area contributed by atoms with E-state index >= 15 is 0 Å². The van der Waals surface area contributed by atoms with Crippen molar-refractivity contribution in [1.29, 1.82) is 0 Å². The lowest BCUT2D eigenvalue weighted by Crippen LogP contribution is -2.43. The first kappa shape index (κ1) is 19.5. The van der Waals surface area contributed by atoms with Gasteiger partial charge >= 0.3 is 5.97 Å². The van der Waals surface area contributed by atoms with E-state index in [1.165, 1.54) is 22.3 Å². The van der Waals surface area contributed by atoms with E-state index in [2.05, 4.69) is 4.98 Å². The molecule has 0 spiro atoms. The number of nitrogens with zero attached hydrogens (tertiary/aromatic N) is 2. The lowest BCUT2D eigenvalue weighted by Gasteiger charge is -2.26. The van der Waals surface area contributed by atoms with Crippen molar-refractivity contribution in [3.63, 3.8) is 0 Å². The van der Waals surface area contributed by atoms with Crippen molar-refractivity contribution >= 4 is 49.3 Å². The molecule has 2 heterocycles. The van der Waals surface area contributed by atoms with Gasteiger partial charge in [0, 0.05) is 18.7 Å². The Labute approximate surface area is 161 Å². The number of para-hydroxylation sites is 1. The van der Waals surface area contributed by atoms with Gasteiger partial charge in [0.2, 0.25) is 0 Å². The fraction of sp³-hybridized carbons (Fsp3) is 0.389. The Kier molecular flexibility index (Phi) is 5.91. The van der Waals surface area contributed by atoms with Gasteiger partial charge in [0.05, 0.1) is 21.7 Å². The molecule has 2 aromatic rings. The van der Waals surface area contributed by atoms with Crippen LogP contribution in [0.4, 0.5) is 0 Å². The Morgan fingerprint density at radius 3 is 2.81 bits per heavy atom. The van der Waals surface area contributed by atoms with Gasteiger partial charge in [-0.25, -0.2) is 18.2 Å². The van der Waals surface area contributed by atoms with Crippen LogP contribution < -0.4 is 0 Å². The summed E-state index contributed by atoms with van der Waals surface area (Å²) in [5.74, 6) is -0.969. The number of thiazole rings is 1. The van der Waals surface area contributed by atoms with Crippen molar-refractivity contribution in [1.82, 2.24) is 9.88 Å². The van der Waals surface area contributed by atoms with Crippen LogP contribution in [0.15, 0.2) is 30.3 Å². The highest BCUT2D eigenvalue weighted by molar-refractivity contribution is 7.91. The first-order chi connectivity index (χ1) is 12.9. The molecule has 0 N–H and O–H groups in total. The molecule has 0 bridgehead atoms. The maximum absolute atomic E-state index is 12.3. The Morgan fingerprint density at radius 1 is 1.37 bits per heavy atom. The fourth-order valence-electron chi connectivity index (χ4n) is 3.02. The van der Waals surface area contributed by atoms with E-state index in [0.717, 1.165) is 10.2 Å². The number of benzene rings is 1. The van der Waals surface area contributed by atoms with Crippen molar-refractivity contribution in [3.05, 3.63) is 35.3 Å². The lowest BCUT2D eigenvalue weighted by atomic mass is 10.2. The minimum absolute atomic E-state index is 0.0297. The zero-order valence-corrected chi connectivity index (χ0v) is 16.5. The average molecular weight is 409 g/mol. The van der Waals surface area contributed by atoms with Gasteiger partial charge in [-0.05, 0) is 31.6 Å². The average Bonchev–Trinajstić information content (AvgIpc) is 3.21. The molecule has 144 valence electrons. The Balaban J connectivity index is 1.53. The van der Waals surface area contributed by atoms with Gasteiger partial charge in [-0.1, -0.05) is 12.1 Å². The van der Waals surface area contributed by atoms with Gasteiger partial charge in [0.25, 0.3) is 5.91 Å². The first-order valence-electron chi connectivity index (χ1n) is 8.58. The van der Waals surface area contributed by atoms with Crippen LogP contribution in [0.3, 0.4) is 0 Å². The molecule has 27 heavy (non-hydrogen) atoms. The molecule has 0 radical (unpaired) electrons. The third kappa shape index (κ3) is 4.92. The summed E-state index contributed by atoms with van der Waals surface area (Å²) in [6.45, 7) is 1.74. The number of ether oxygens (including phenoxy) is 1. The first-order valence-corrected chi connectivity index (χ1v) is 11.2. The topological polar surface area (TPSA) is 93.6 Å². The van der Waals surface area contributed by atoms with E-state index in [4.69, 9.17) is 4.74 Å². The molecule has 3 rings (SSSR count). The van der Waals surface area contributed by atoms with Crippen molar-refractivity contribution in [2.75, 3.05) is 24.7 Å². The van der Waals surface area contributed by atoms with Gasteiger partial charge in [0.15, 0.2) is 16.4 Å². The molecular formula is C18H20N2O5S2. The summed E-state index contributed by atoms with van der Waals surface area (Å²) in [6, 6.07) is 7.31. The van der Waals surface area contributed by atoms with Gasteiger partial charge in [-0.15, -0.1) is 11.3 Å². The van der Waals surface area contributed by atoms with Crippen LogP contribution in [0.1, 0.15) is 18.4 Å². The molecule has 9 heteroatoms. The highest BCUT2D eigenvalue weighted by Gasteiger charge is 2.34. The standard InChI is InChI=1S/C18H20N2O5S2/c1-2-20(13-9-10-27(23,24)12-13)17(21)11-25-18(22)8-7-16-19-14-5-3-4-6-15(14)26-16/h3-8,13H,2,9-12H2,1H3/b8-7+/t13-/m0/s1. The van der Waals surface area contributed by atoms with E-state index in [1.54, 1.807) is 13.0 Å². The van der Waals surface area contributed by atoms with Crippen LogP contribution in [0.5, 0.6) is 0 Å². The number of fused-ring (bicyclic) bond motifs is 1. The van der Waals surface area contributed by atoms with Crippen LogP contribution in [0.25, 0.3) is 16.3 Å². The van der Waals surface area contributed by atoms with Gasteiger partial charge in [0.1, 0.15) is 5.01 Å². The largest absolute Gasteiger partial charge is 0.452 e. The molecule has 0 aliphatic carbocycles. The Hall–Kier alpha value is -2.26. The van der Waals surface area contributed by atoms with Crippen LogP contribution in [-0.4, -0.2) is 60.9 Å². The van der Waals surface area contributed by atoms with E-state index in [1.807, 2.05) is 24.3 Å². The number of carbonyl (C=O) groups excluding carboxylic acids is 2. The molecule has 1 aliphatic heterocycles. The monoisotopic (exact) mass is 408 g/mol. The molecule has 1 fully saturated rings. The summed E-state index contributed by atoms with van der Waals surface area (Å²) in [4.78, 5) is 30.0. The van der Waals surface area contributed by atoms with E-state index in [9.17, 15) is 18.0 Å². The van der Waals surface area contributed by atoms with Gasteiger partial charge in [-0.3, -0.25) is 4.79 Å². The summed E-state index contributed by atoms with van der Waals surface area (Å²) in [5, 5.41) is 0.672. The van der Waals surface area contributed by atoms with Crippen molar-refractivity contribution in [2.45, 2.75) is 19.4 Å². The minimum Gasteiger partial charge on any atom is -0.452 e. The normalized spacial score (nSPS) is 18.8. The van der Waals surface area contributed by atoms with Crippen LogP contribution in [-0.2, 0) is 24.2 Å². The summed E-state index contributed by atoms with van der Waals surface area (Å²) in [6.07, 6.45) is 3.22. The molecular weight excluding hydrogens is 388 g/mol. The Bertz CT molecular complexity index is 948. The number of likely N-dealkylation sites (N-methyl/N-ethyl adjacent to an activating group) is 1. The molecule has 1 aromatic heterocycles. The van der Waals surface area contributed by atoms with Crippen LogP contribution >= 0.6 is 11.3 Å². The fourth-order valence-corrected chi connectivity index (χ4v) is 5.62. The molecule has 1 saturated heterocycles. The molecule has 0 saturated carbocycles. The maximum Gasteiger partial charge on any atom is 0.331 e. The number of esters is 1. The van der Waals surface area contributed by atoms with Crippen LogP contribution in [0.2, 0.25) is 0 Å². The lowest BCUT2D eigenvalue weighted by molar-refractivity contribution is -0.149. The van der Waals surface area contributed by atoms with Gasteiger partial charge in [-0.2, -0.15) is 0 Å². The number of carbonyl (C=O) groups is 2. The predicted molar refractivity (Wildman–Crippen MR) is 104 cm³/mol. The summed E-state index contributed by atoms with van der Waals surface area (Å²) in [7, 11) is -3.08. The number of hydrogen-bond donors (Lipinski definition) is 0. The molecule has 1 aromatic carbocycles. The van der Waals surface area contributed by atoms with Crippen molar-refractivity contribution in [2.24, 2.45) is 0 Å². The zero-order valence-electron chi connectivity index (χ0n) is 14.8. The number of amides is 1. The third-order valence-electron chi connectivity index (χ3n) is 4.32. The number of rotatable bonds is 6. The second kappa shape index (κ2) is 8.18. The molecule has 1 aliphatic rings. The SMILES string of the molecule is CCN(C(=O)COC(=O)/C=C/c1nc2ccccc2s1)[C@H]1CCS(=O)(=O)C1. The highest BCUT2D eigenvalue weighted by atomic mass is 32.2. The number of hydrogen-bond acceptors (Lipinski definition) is 7. The Morgan fingerprint density at radius 2 is 2.15 bits per heavy atom. The molecule has 1 amide bonds. The van der Waals surface area contributed by atoms with Crippen molar-refractivity contribution in [3.8, 4) is 0 Å². The third-order valence-corrected chi connectivity index (χ3v) is 7.07.